The molecule has 0 radical (unpaired) electrons. The Labute approximate surface area is 151 Å². The van der Waals surface area contributed by atoms with E-state index in [0.717, 1.165) is 22.3 Å². The van der Waals surface area contributed by atoms with E-state index in [9.17, 15) is 4.39 Å². The summed E-state index contributed by atoms with van der Waals surface area (Å²) in [5.41, 5.74) is 3.18. The van der Waals surface area contributed by atoms with Crippen molar-refractivity contribution in [3.8, 4) is 0 Å². The van der Waals surface area contributed by atoms with Crippen LogP contribution in [0.25, 0.3) is 11.0 Å². The van der Waals surface area contributed by atoms with Crippen LogP contribution in [0.5, 0.6) is 0 Å². The third-order valence-electron chi connectivity index (χ3n) is 4.00. The Kier molecular flexibility index (Phi) is 5.80. The molecule has 1 atom stereocenters. The van der Waals surface area contributed by atoms with Crippen molar-refractivity contribution in [2.45, 2.75) is 26.4 Å². The Morgan fingerprint density at radius 1 is 1.33 bits per heavy atom. The molecule has 3 aromatic rings. The predicted octanol–water partition coefficient (Wildman–Crippen LogP) is 4.34. The van der Waals surface area contributed by atoms with Crippen molar-refractivity contribution in [1.82, 2.24) is 20.1 Å². The maximum absolute atomic E-state index is 13.8. The van der Waals surface area contributed by atoms with Crippen molar-refractivity contribution in [2.75, 3.05) is 0 Å². The van der Waals surface area contributed by atoms with Crippen molar-refractivity contribution in [2.24, 2.45) is 7.05 Å². The SMILES string of the molecule is Cc1nn(C)c2nc(Cl)c(CNC(C)c3ccccc3F)cc12.Cl. The van der Waals surface area contributed by atoms with Gasteiger partial charge in [-0.25, -0.2) is 9.37 Å². The van der Waals surface area contributed by atoms with Crippen LogP contribution in [0.3, 0.4) is 0 Å². The van der Waals surface area contributed by atoms with Gasteiger partial charge in [-0.3, -0.25) is 4.68 Å². The van der Waals surface area contributed by atoms with Crippen LogP contribution in [0, 0.1) is 12.7 Å². The Balaban J connectivity index is 0.00000208. The molecule has 128 valence electrons. The molecule has 0 aliphatic rings. The minimum atomic E-state index is -0.213. The van der Waals surface area contributed by atoms with Gasteiger partial charge in [0.15, 0.2) is 5.65 Å². The monoisotopic (exact) mass is 368 g/mol. The first-order valence-corrected chi connectivity index (χ1v) is 7.81. The molecule has 0 aliphatic heterocycles. The fourth-order valence-electron chi connectivity index (χ4n) is 2.69. The van der Waals surface area contributed by atoms with Gasteiger partial charge in [0.05, 0.1) is 5.69 Å². The van der Waals surface area contributed by atoms with Crippen molar-refractivity contribution >= 4 is 35.0 Å². The van der Waals surface area contributed by atoms with Gasteiger partial charge in [0, 0.05) is 36.1 Å². The number of fused-ring (bicyclic) bond motifs is 1. The largest absolute Gasteiger partial charge is 0.306 e. The molecule has 2 heterocycles. The number of benzene rings is 1. The number of pyridine rings is 1. The van der Waals surface area contributed by atoms with Crippen LogP contribution in [-0.4, -0.2) is 14.8 Å². The summed E-state index contributed by atoms with van der Waals surface area (Å²) in [7, 11) is 1.84. The molecule has 0 fully saturated rings. The molecular formula is C17H19Cl2FN4. The molecule has 0 bridgehead atoms. The van der Waals surface area contributed by atoms with Gasteiger partial charge in [0.25, 0.3) is 0 Å². The van der Waals surface area contributed by atoms with Gasteiger partial charge >= 0.3 is 0 Å². The van der Waals surface area contributed by atoms with E-state index in [-0.39, 0.29) is 24.3 Å². The third-order valence-corrected chi connectivity index (χ3v) is 4.32. The Bertz CT molecular complexity index is 863. The lowest BCUT2D eigenvalue weighted by Crippen LogP contribution is -2.19. The first-order valence-electron chi connectivity index (χ1n) is 7.44. The summed E-state index contributed by atoms with van der Waals surface area (Å²) >= 11 is 6.28. The van der Waals surface area contributed by atoms with Gasteiger partial charge in [0.2, 0.25) is 0 Å². The van der Waals surface area contributed by atoms with E-state index in [1.54, 1.807) is 16.8 Å². The zero-order valence-corrected chi connectivity index (χ0v) is 15.2. The van der Waals surface area contributed by atoms with E-state index < -0.39 is 0 Å². The highest BCUT2D eigenvalue weighted by Crippen LogP contribution is 2.24. The van der Waals surface area contributed by atoms with Gasteiger partial charge in [0.1, 0.15) is 11.0 Å². The lowest BCUT2D eigenvalue weighted by Gasteiger charge is -2.15. The van der Waals surface area contributed by atoms with Gasteiger partial charge in [-0.1, -0.05) is 29.8 Å². The summed E-state index contributed by atoms with van der Waals surface area (Å²) in [4.78, 5) is 4.42. The number of hydrogen-bond donors (Lipinski definition) is 1. The second-order valence-electron chi connectivity index (χ2n) is 5.64. The number of aryl methyl sites for hydroxylation is 2. The number of nitrogens with zero attached hydrogens (tertiary/aromatic N) is 3. The highest BCUT2D eigenvalue weighted by atomic mass is 35.5. The van der Waals surface area contributed by atoms with E-state index in [2.05, 4.69) is 15.4 Å². The predicted molar refractivity (Wildman–Crippen MR) is 97.2 cm³/mol. The highest BCUT2D eigenvalue weighted by Gasteiger charge is 2.14. The van der Waals surface area contributed by atoms with Gasteiger partial charge in [-0.2, -0.15) is 5.10 Å². The lowest BCUT2D eigenvalue weighted by atomic mass is 10.1. The molecule has 0 saturated carbocycles. The van der Waals surface area contributed by atoms with E-state index in [1.807, 2.05) is 33.0 Å². The summed E-state index contributed by atoms with van der Waals surface area (Å²) in [6.07, 6.45) is 0. The number of halogens is 3. The summed E-state index contributed by atoms with van der Waals surface area (Å²) in [5.74, 6) is -0.213. The van der Waals surface area contributed by atoms with Crippen LogP contribution in [0.2, 0.25) is 5.15 Å². The maximum atomic E-state index is 13.8. The number of nitrogens with one attached hydrogen (secondary N) is 1. The second kappa shape index (κ2) is 7.47. The molecule has 0 aliphatic carbocycles. The maximum Gasteiger partial charge on any atom is 0.159 e. The van der Waals surface area contributed by atoms with E-state index in [1.165, 1.54) is 6.07 Å². The highest BCUT2D eigenvalue weighted by molar-refractivity contribution is 6.30. The van der Waals surface area contributed by atoms with Crippen LogP contribution in [0.1, 0.15) is 29.8 Å². The Morgan fingerprint density at radius 3 is 2.75 bits per heavy atom. The summed E-state index contributed by atoms with van der Waals surface area (Å²) in [6.45, 7) is 4.37. The summed E-state index contributed by atoms with van der Waals surface area (Å²) in [5, 5.41) is 9.07. The number of hydrogen-bond acceptors (Lipinski definition) is 3. The lowest BCUT2D eigenvalue weighted by molar-refractivity contribution is 0.528. The van der Waals surface area contributed by atoms with Gasteiger partial charge in [-0.15, -0.1) is 12.4 Å². The first kappa shape index (κ1) is 18.6. The zero-order chi connectivity index (χ0) is 16.6. The van der Waals surface area contributed by atoms with Gasteiger partial charge in [-0.05, 0) is 26.0 Å². The molecule has 4 nitrogen and oxygen atoms in total. The molecule has 1 N–H and O–H groups in total. The molecule has 24 heavy (non-hydrogen) atoms. The molecule has 0 spiro atoms. The molecule has 1 aromatic carbocycles. The van der Waals surface area contributed by atoms with E-state index in [0.29, 0.717) is 17.3 Å². The Hall–Kier alpha value is -1.69. The average Bonchev–Trinajstić information content (AvgIpc) is 2.79. The standard InChI is InChI=1S/C17H18ClFN4.ClH/c1-10(13-6-4-5-7-15(13)19)20-9-12-8-14-11(2)22-23(3)17(14)21-16(12)18;/h4-8,10,20H,9H2,1-3H3;1H. The molecule has 3 rings (SSSR count). The second-order valence-corrected chi connectivity index (χ2v) is 6.00. The molecule has 1 unspecified atom stereocenters. The van der Waals surface area contributed by atoms with Crippen LogP contribution < -0.4 is 5.32 Å². The number of rotatable bonds is 4. The van der Waals surface area contributed by atoms with Crippen molar-refractivity contribution in [3.63, 3.8) is 0 Å². The summed E-state index contributed by atoms with van der Waals surface area (Å²) < 4.78 is 15.5. The zero-order valence-electron chi connectivity index (χ0n) is 13.7. The smallest absolute Gasteiger partial charge is 0.159 e. The fraction of sp³-hybridized carbons (Fsp3) is 0.294. The molecule has 0 amide bonds. The van der Waals surface area contributed by atoms with Crippen LogP contribution in [0.4, 0.5) is 4.39 Å². The molecular weight excluding hydrogens is 350 g/mol. The van der Waals surface area contributed by atoms with Crippen LogP contribution >= 0.6 is 24.0 Å². The van der Waals surface area contributed by atoms with Crippen molar-refractivity contribution in [3.05, 3.63) is 58.1 Å². The number of aromatic nitrogens is 3. The van der Waals surface area contributed by atoms with E-state index >= 15 is 0 Å². The van der Waals surface area contributed by atoms with Crippen LogP contribution in [-0.2, 0) is 13.6 Å². The third kappa shape index (κ3) is 3.53. The van der Waals surface area contributed by atoms with Crippen molar-refractivity contribution < 1.29 is 4.39 Å². The van der Waals surface area contributed by atoms with E-state index in [4.69, 9.17) is 11.6 Å². The average molecular weight is 369 g/mol. The topological polar surface area (TPSA) is 42.7 Å². The quantitative estimate of drug-likeness (QED) is 0.696. The minimum absolute atomic E-state index is 0. The fourth-order valence-corrected chi connectivity index (χ4v) is 2.89. The molecule has 7 heteroatoms. The normalized spacial score (nSPS) is 12.2. The molecule has 2 aromatic heterocycles. The van der Waals surface area contributed by atoms with Crippen LogP contribution in [0.15, 0.2) is 30.3 Å². The Morgan fingerprint density at radius 2 is 2.04 bits per heavy atom. The first-order chi connectivity index (χ1) is 11.0. The minimum Gasteiger partial charge on any atom is -0.306 e. The molecule has 0 saturated heterocycles. The van der Waals surface area contributed by atoms with Gasteiger partial charge < -0.3 is 5.32 Å². The van der Waals surface area contributed by atoms with Crippen molar-refractivity contribution in [1.29, 1.82) is 0 Å². The summed E-state index contributed by atoms with van der Waals surface area (Å²) in [6, 6.07) is 8.63.